The fraction of sp³-hybridized carbons (Fsp3) is 0.136. The maximum absolute atomic E-state index is 13.4. The second-order valence-electron chi connectivity index (χ2n) is 6.29. The molecule has 0 aliphatic carbocycles. The Bertz CT molecular complexity index is 1150. The fourth-order valence-electron chi connectivity index (χ4n) is 2.95. The Labute approximate surface area is 177 Å². The van der Waals surface area contributed by atoms with E-state index in [0.29, 0.717) is 28.9 Å². The largest absolute Gasteiger partial charge is 0.494 e. The number of hydrogen-bond donors (Lipinski definition) is 0. The molecule has 4 aromatic rings. The van der Waals surface area contributed by atoms with Crippen molar-refractivity contribution in [3.05, 3.63) is 83.1 Å². The van der Waals surface area contributed by atoms with Gasteiger partial charge < -0.3 is 4.74 Å². The molecule has 4 rings (SSSR count). The number of halogens is 1. The van der Waals surface area contributed by atoms with E-state index in [2.05, 4.69) is 4.98 Å². The molecule has 2 aromatic heterocycles. The summed E-state index contributed by atoms with van der Waals surface area (Å²) in [6, 6.07) is 16.6. The number of thiazole rings is 1. The first-order valence-corrected chi connectivity index (χ1v) is 10.3. The Kier molecular flexibility index (Phi) is 5.74. The molecule has 0 fully saturated rings. The molecular weight excluding hydrogens is 406 g/mol. The Hall–Kier alpha value is -2.96. The number of carbonyl (C=O) groups is 1. The molecule has 0 saturated heterocycles. The third-order valence-electron chi connectivity index (χ3n) is 4.30. The monoisotopic (exact) mass is 423 g/mol. The lowest BCUT2D eigenvalue weighted by molar-refractivity contribution is 0.0985. The van der Waals surface area contributed by atoms with Crippen LogP contribution in [-0.4, -0.2) is 22.5 Å². The van der Waals surface area contributed by atoms with Crippen LogP contribution in [0.1, 0.15) is 22.8 Å². The van der Waals surface area contributed by atoms with Crippen molar-refractivity contribution in [1.29, 1.82) is 0 Å². The molecule has 1 amide bonds. The van der Waals surface area contributed by atoms with Crippen molar-refractivity contribution in [2.45, 2.75) is 13.5 Å². The zero-order valence-electron chi connectivity index (χ0n) is 15.7. The van der Waals surface area contributed by atoms with Crippen LogP contribution >= 0.6 is 22.9 Å². The van der Waals surface area contributed by atoms with Crippen molar-refractivity contribution < 1.29 is 9.53 Å². The lowest BCUT2D eigenvalue weighted by Crippen LogP contribution is -2.30. The second kappa shape index (κ2) is 8.59. The van der Waals surface area contributed by atoms with E-state index in [0.717, 1.165) is 21.5 Å². The Morgan fingerprint density at radius 1 is 1.17 bits per heavy atom. The summed E-state index contributed by atoms with van der Waals surface area (Å²) in [5, 5.41) is 1.01. The zero-order valence-corrected chi connectivity index (χ0v) is 17.3. The number of fused-ring (bicyclic) bond motifs is 1. The molecule has 7 heteroatoms. The minimum absolute atomic E-state index is 0.205. The highest BCUT2D eigenvalue weighted by Crippen LogP contribution is 2.33. The van der Waals surface area contributed by atoms with Crippen molar-refractivity contribution in [2.24, 2.45) is 0 Å². The first-order valence-electron chi connectivity index (χ1n) is 9.14. The molecule has 0 bridgehead atoms. The summed E-state index contributed by atoms with van der Waals surface area (Å²) >= 11 is 7.74. The van der Waals surface area contributed by atoms with E-state index in [-0.39, 0.29) is 5.91 Å². The minimum Gasteiger partial charge on any atom is -0.494 e. The van der Waals surface area contributed by atoms with Gasteiger partial charge in [-0.2, -0.15) is 0 Å². The molecule has 29 heavy (non-hydrogen) atoms. The molecule has 0 unspecified atom stereocenters. The van der Waals surface area contributed by atoms with Crippen molar-refractivity contribution in [3.63, 3.8) is 0 Å². The number of ether oxygens (including phenoxy) is 1. The van der Waals surface area contributed by atoms with Gasteiger partial charge in [0, 0.05) is 12.4 Å². The van der Waals surface area contributed by atoms with E-state index in [4.69, 9.17) is 21.3 Å². The first-order chi connectivity index (χ1) is 14.2. The van der Waals surface area contributed by atoms with E-state index >= 15 is 0 Å². The molecule has 0 N–H and O–H groups in total. The minimum atomic E-state index is -0.205. The highest BCUT2D eigenvalue weighted by Gasteiger charge is 2.23. The topological polar surface area (TPSA) is 55.3 Å². The summed E-state index contributed by atoms with van der Waals surface area (Å²) in [5.74, 6) is 0.579. The van der Waals surface area contributed by atoms with E-state index in [1.54, 1.807) is 41.6 Å². The van der Waals surface area contributed by atoms with Gasteiger partial charge in [-0.25, -0.2) is 4.98 Å². The summed E-state index contributed by atoms with van der Waals surface area (Å²) in [5.41, 5.74) is 2.16. The number of nitrogens with zero attached hydrogens (tertiary/aromatic N) is 3. The van der Waals surface area contributed by atoms with Gasteiger partial charge in [-0.05, 0) is 48.9 Å². The molecule has 2 heterocycles. The quantitative estimate of drug-likeness (QED) is 0.405. The predicted molar refractivity (Wildman–Crippen MR) is 117 cm³/mol. The number of aromatic nitrogens is 2. The van der Waals surface area contributed by atoms with Crippen molar-refractivity contribution >= 4 is 44.2 Å². The van der Waals surface area contributed by atoms with Crippen LogP contribution in [0.25, 0.3) is 10.2 Å². The normalized spacial score (nSPS) is 10.8. The van der Waals surface area contributed by atoms with Gasteiger partial charge in [0.25, 0.3) is 5.91 Å². The van der Waals surface area contributed by atoms with Crippen LogP contribution in [0, 0.1) is 0 Å². The average Bonchev–Trinajstić information content (AvgIpc) is 3.16. The van der Waals surface area contributed by atoms with Crippen LogP contribution in [0.4, 0.5) is 5.13 Å². The molecule has 0 radical (unpaired) electrons. The van der Waals surface area contributed by atoms with Crippen LogP contribution in [0.15, 0.2) is 67.0 Å². The Morgan fingerprint density at radius 2 is 2.03 bits per heavy atom. The zero-order chi connectivity index (χ0) is 20.2. The third-order valence-corrected chi connectivity index (χ3v) is 5.67. The number of rotatable bonds is 6. The fourth-order valence-corrected chi connectivity index (χ4v) is 4.15. The standard InChI is InChI=1S/C22H18ClN3O2S/c1-2-28-16-9-10-19-20(12-16)29-22(25-19)26(14-15-6-5-11-24-13-15)21(27)17-7-3-4-8-18(17)23/h3-13H,2,14H2,1H3. The summed E-state index contributed by atoms with van der Waals surface area (Å²) in [7, 11) is 0. The van der Waals surface area contributed by atoms with Crippen LogP contribution < -0.4 is 9.64 Å². The summed E-state index contributed by atoms with van der Waals surface area (Å²) < 4.78 is 6.54. The smallest absolute Gasteiger partial charge is 0.261 e. The van der Waals surface area contributed by atoms with E-state index < -0.39 is 0 Å². The second-order valence-corrected chi connectivity index (χ2v) is 7.71. The molecule has 0 atom stereocenters. The number of pyridine rings is 1. The molecule has 0 saturated carbocycles. The summed E-state index contributed by atoms with van der Waals surface area (Å²) in [6.45, 7) is 2.88. The first kappa shape index (κ1) is 19.4. The maximum atomic E-state index is 13.4. The molecule has 2 aromatic carbocycles. The van der Waals surface area contributed by atoms with Gasteiger partial charge in [0.2, 0.25) is 0 Å². The van der Waals surface area contributed by atoms with E-state index in [1.807, 2.05) is 37.3 Å². The number of benzene rings is 2. The average molecular weight is 424 g/mol. The molecule has 146 valence electrons. The highest BCUT2D eigenvalue weighted by atomic mass is 35.5. The SMILES string of the molecule is CCOc1ccc2nc(N(Cc3cccnc3)C(=O)c3ccccc3Cl)sc2c1. The third kappa shape index (κ3) is 4.23. The van der Waals surface area contributed by atoms with E-state index in [9.17, 15) is 4.79 Å². The molecule has 0 aliphatic rings. The van der Waals surface area contributed by atoms with Crippen LogP contribution in [0.3, 0.4) is 0 Å². The lowest BCUT2D eigenvalue weighted by Gasteiger charge is -2.20. The molecular formula is C22H18ClN3O2S. The summed E-state index contributed by atoms with van der Waals surface area (Å²) in [6.07, 6.45) is 3.45. The van der Waals surface area contributed by atoms with Gasteiger partial charge in [0.15, 0.2) is 5.13 Å². The van der Waals surface area contributed by atoms with Crippen LogP contribution in [0.5, 0.6) is 5.75 Å². The van der Waals surface area contributed by atoms with Crippen LogP contribution in [0.2, 0.25) is 5.02 Å². The van der Waals surface area contributed by atoms with Gasteiger partial charge >= 0.3 is 0 Å². The lowest BCUT2D eigenvalue weighted by atomic mass is 10.2. The number of hydrogen-bond acceptors (Lipinski definition) is 5. The number of carbonyl (C=O) groups excluding carboxylic acids is 1. The van der Waals surface area contributed by atoms with E-state index in [1.165, 1.54) is 11.3 Å². The molecule has 0 spiro atoms. The predicted octanol–water partition coefficient (Wildman–Crippen LogP) is 5.59. The summed E-state index contributed by atoms with van der Waals surface area (Å²) in [4.78, 5) is 23.9. The molecule has 0 aliphatic heterocycles. The molecule has 5 nitrogen and oxygen atoms in total. The van der Waals surface area contributed by atoms with Gasteiger partial charge in [-0.1, -0.05) is 41.1 Å². The van der Waals surface area contributed by atoms with Crippen molar-refractivity contribution in [3.8, 4) is 5.75 Å². The van der Waals surface area contributed by atoms with Gasteiger partial charge in [0.05, 0.1) is 34.0 Å². The number of anilines is 1. The van der Waals surface area contributed by atoms with Crippen molar-refractivity contribution in [1.82, 2.24) is 9.97 Å². The Balaban J connectivity index is 1.76. The Morgan fingerprint density at radius 3 is 2.79 bits per heavy atom. The van der Waals surface area contributed by atoms with Gasteiger partial charge in [-0.3, -0.25) is 14.7 Å². The van der Waals surface area contributed by atoms with Crippen LogP contribution in [-0.2, 0) is 6.54 Å². The highest BCUT2D eigenvalue weighted by molar-refractivity contribution is 7.22. The number of amides is 1. The van der Waals surface area contributed by atoms with Crippen molar-refractivity contribution in [2.75, 3.05) is 11.5 Å². The van der Waals surface area contributed by atoms with Gasteiger partial charge in [-0.15, -0.1) is 0 Å². The van der Waals surface area contributed by atoms with Gasteiger partial charge in [0.1, 0.15) is 5.75 Å². The maximum Gasteiger partial charge on any atom is 0.261 e.